The summed E-state index contributed by atoms with van der Waals surface area (Å²) in [5.41, 5.74) is 10.8. The van der Waals surface area contributed by atoms with E-state index in [0.29, 0.717) is 6.42 Å². The second kappa shape index (κ2) is 7.64. The van der Waals surface area contributed by atoms with E-state index in [0.717, 1.165) is 28.6 Å². The van der Waals surface area contributed by atoms with E-state index in [1.165, 1.54) is 4.90 Å². The number of carbonyl (C=O) groups excluding carboxylic acids is 2. The fourth-order valence-corrected chi connectivity index (χ4v) is 5.83. The van der Waals surface area contributed by atoms with Crippen molar-refractivity contribution in [3.63, 3.8) is 0 Å². The lowest BCUT2D eigenvalue weighted by Gasteiger charge is -2.45. The Labute approximate surface area is 191 Å². The number of urea groups is 1. The normalized spacial score (nSPS) is 30.1. The van der Waals surface area contributed by atoms with Crippen molar-refractivity contribution in [1.82, 2.24) is 36.1 Å². The smallest absolute Gasteiger partial charge is 0.324 e. The Balaban J connectivity index is 1.27. The van der Waals surface area contributed by atoms with E-state index in [1.54, 1.807) is 4.68 Å². The summed E-state index contributed by atoms with van der Waals surface area (Å²) < 4.78 is 1.78. The molecule has 9 heteroatoms. The lowest BCUT2D eigenvalue weighted by atomic mass is 9.70. The first-order valence-electron chi connectivity index (χ1n) is 11.5. The second-order valence-corrected chi connectivity index (χ2v) is 9.43. The van der Waals surface area contributed by atoms with E-state index in [4.69, 9.17) is 0 Å². The van der Waals surface area contributed by atoms with E-state index in [2.05, 4.69) is 38.6 Å². The number of nitrogens with one attached hydrogen (secondary N) is 3. The van der Waals surface area contributed by atoms with E-state index in [9.17, 15) is 9.59 Å². The monoisotopic (exact) mass is 445 g/mol. The quantitative estimate of drug-likeness (QED) is 0.571. The van der Waals surface area contributed by atoms with Crippen LogP contribution in [-0.4, -0.2) is 43.9 Å². The van der Waals surface area contributed by atoms with Crippen LogP contribution in [0.1, 0.15) is 43.0 Å². The molecule has 3 heterocycles. The molecule has 1 saturated carbocycles. The van der Waals surface area contributed by atoms with Gasteiger partial charge in [0.2, 0.25) is 5.91 Å². The Kier molecular flexibility index (Phi) is 4.70. The first-order chi connectivity index (χ1) is 16.0. The minimum atomic E-state index is -0.312. The van der Waals surface area contributed by atoms with Gasteiger partial charge in [0.1, 0.15) is 5.52 Å². The highest BCUT2D eigenvalue weighted by atomic mass is 16.2. The maximum absolute atomic E-state index is 13.6. The van der Waals surface area contributed by atoms with Crippen molar-refractivity contribution >= 4 is 23.0 Å². The third kappa shape index (κ3) is 3.22. The summed E-state index contributed by atoms with van der Waals surface area (Å²) in [5.74, 6) is -0.0744. The molecule has 170 valence electrons. The molecule has 1 aliphatic carbocycles. The first-order valence-corrected chi connectivity index (χ1v) is 11.5. The van der Waals surface area contributed by atoms with Gasteiger partial charge in [0, 0.05) is 19.1 Å². The highest BCUT2D eigenvalue weighted by Gasteiger charge is 2.52. The molecule has 0 spiro atoms. The SMILES string of the molecule is C[C@H](c1ccccc1)N1C(=O)NC2CC3NNC(c4ccc5nnn(C)c5c4)C3CC2C1=O. The molecule has 33 heavy (non-hydrogen) atoms. The predicted octanol–water partition coefficient (Wildman–Crippen LogP) is 2.19. The van der Waals surface area contributed by atoms with Crippen molar-refractivity contribution in [3.05, 3.63) is 59.7 Å². The topological polar surface area (TPSA) is 104 Å². The third-order valence-electron chi connectivity index (χ3n) is 7.63. The zero-order chi connectivity index (χ0) is 22.7. The van der Waals surface area contributed by atoms with Gasteiger partial charge in [0.15, 0.2) is 0 Å². The summed E-state index contributed by atoms with van der Waals surface area (Å²) >= 11 is 0. The minimum Gasteiger partial charge on any atom is -0.334 e. The van der Waals surface area contributed by atoms with E-state index in [-0.39, 0.29) is 47.9 Å². The van der Waals surface area contributed by atoms with Crippen LogP contribution in [0.5, 0.6) is 0 Å². The number of carbonyl (C=O) groups is 2. The average Bonchev–Trinajstić information content (AvgIpc) is 3.41. The van der Waals surface area contributed by atoms with E-state index >= 15 is 0 Å². The van der Waals surface area contributed by atoms with Gasteiger partial charge in [-0.2, -0.15) is 0 Å². The number of benzene rings is 2. The van der Waals surface area contributed by atoms with Gasteiger partial charge in [-0.05, 0) is 48.9 Å². The van der Waals surface area contributed by atoms with Crippen molar-refractivity contribution in [2.45, 2.75) is 43.9 Å². The fourth-order valence-electron chi connectivity index (χ4n) is 5.83. The number of aryl methyl sites for hydroxylation is 1. The average molecular weight is 446 g/mol. The standard InChI is InChI=1S/C24H27N7O2/c1-13(14-6-4-3-5-7-14)31-23(32)17-11-16-20(12-19(17)25-24(31)33)26-28-22(16)15-8-9-18-21(10-15)30(2)29-27-18/h3-10,13,16-17,19-20,22,26,28H,11-12H2,1-2H3,(H,25,33)/t13-,16?,17?,19?,20?,22?/m1/s1. The number of fused-ring (bicyclic) bond motifs is 3. The Morgan fingerprint density at radius 3 is 2.67 bits per heavy atom. The molecule has 2 aromatic carbocycles. The van der Waals surface area contributed by atoms with Crippen LogP contribution >= 0.6 is 0 Å². The van der Waals surface area contributed by atoms with Crippen LogP contribution in [0.25, 0.3) is 11.0 Å². The van der Waals surface area contributed by atoms with E-state index in [1.807, 2.05) is 50.4 Å². The molecule has 3 fully saturated rings. The third-order valence-corrected chi connectivity index (χ3v) is 7.63. The number of hydrogen-bond donors (Lipinski definition) is 3. The summed E-state index contributed by atoms with van der Waals surface area (Å²) in [6, 6.07) is 15.4. The fraction of sp³-hybridized carbons (Fsp3) is 0.417. The number of nitrogens with zero attached hydrogens (tertiary/aromatic N) is 4. The molecule has 3 aromatic rings. The predicted molar refractivity (Wildman–Crippen MR) is 122 cm³/mol. The molecule has 5 unspecified atom stereocenters. The molecule has 3 amide bonds. The van der Waals surface area contributed by atoms with Crippen LogP contribution in [0.2, 0.25) is 0 Å². The number of rotatable bonds is 3. The Hall–Kier alpha value is -3.30. The lowest BCUT2D eigenvalue weighted by Crippen LogP contribution is -2.63. The molecule has 0 radical (unpaired) electrons. The number of amides is 3. The summed E-state index contributed by atoms with van der Waals surface area (Å²) in [6.45, 7) is 1.91. The zero-order valence-electron chi connectivity index (χ0n) is 18.6. The highest BCUT2D eigenvalue weighted by molar-refractivity contribution is 5.99. The van der Waals surface area contributed by atoms with Gasteiger partial charge in [0.25, 0.3) is 0 Å². The molecule has 6 atom stereocenters. The number of hydrogen-bond acceptors (Lipinski definition) is 6. The van der Waals surface area contributed by atoms with Gasteiger partial charge < -0.3 is 5.32 Å². The maximum atomic E-state index is 13.6. The second-order valence-electron chi connectivity index (χ2n) is 9.43. The first kappa shape index (κ1) is 20.3. The molecule has 2 saturated heterocycles. The maximum Gasteiger partial charge on any atom is 0.324 e. The molecule has 0 bridgehead atoms. The Morgan fingerprint density at radius 2 is 1.85 bits per heavy atom. The summed E-state index contributed by atoms with van der Waals surface area (Å²) in [7, 11) is 1.89. The molecule has 9 nitrogen and oxygen atoms in total. The van der Waals surface area contributed by atoms with Crippen molar-refractivity contribution in [3.8, 4) is 0 Å². The Morgan fingerprint density at radius 1 is 1.03 bits per heavy atom. The Bertz CT molecular complexity index is 1230. The van der Waals surface area contributed by atoms with Crippen LogP contribution in [0.15, 0.2) is 48.5 Å². The molecule has 2 aliphatic heterocycles. The number of hydrazine groups is 1. The van der Waals surface area contributed by atoms with Gasteiger partial charge in [0.05, 0.1) is 23.5 Å². The number of aromatic nitrogens is 3. The van der Waals surface area contributed by atoms with Crippen molar-refractivity contribution in [2.75, 3.05) is 0 Å². The van der Waals surface area contributed by atoms with Crippen LogP contribution in [0, 0.1) is 11.8 Å². The van der Waals surface area contributed by atoms with Crippen LogP contribution in [0.3, 0.4) is 0 Å². The van der Waals surface area contributed by atoms with Crippen LogP contribution < -0.4 is 16.2 Å². The zero-order valence-corrected chi connectivity index (χ0v) is 18.6. The summed E-state index contributed by atoms with van der Waals surface area (Å²) in [4.78, 5) is 27.9. The molecule has 3 aliphatic rings. The highest BCUT2D eigenvalue weighted by Crippen LogP contribution is 2.43. The molecule has 6 rings (SSSR count). The van der Waals surface area contributed by atoms with Crippen LogP contribution in [0.4, 0.5) is 4.79 Å². The largest absolute Gasteiger partial charge is 0.334 e. The summed E-state index contributed by atoms with van der Waals surface area (Å²) in [5, 5.41) is 11.4. The van der Waals surface area contributed by atoms with Gasteiger partial charge in [-0.25, -0.2) is 14.9 Å². The number of imide groups is 1. The minimum absolute atomic E-state index is 0.0701. The van der Waals surface area contributed by atoms with Crippen molar-refractivity contribution < 1.29 is 9.59 Å². The van der Waals surface area contributed by atoms with Gasteiger partial charge in [-0.15, -0.1) is 5.10 Å². The van der Waals surface area contributed by atoms with Crippen LogP contribution in [-0.2, 0) is 11.8 Å². The molecular weight excluding hydrogens is 418 g/mol. The van der Waals surface area contributed by atoms with E-state index < -0.39 is 0 Å². The van der Waals surface area contributed by atoms with Crippen molar-refractivity contribution in [1.29, 1.82) is 0 Å². The molecule has 3 N–H and O–H groups in total. The lowest BCUT2D eigenvalue weighted by molar-refractivity contribution is -0.139. The summed E-state index contributed by atoms with van der Waals surface area (Å²) in [6.07, 6.45) is 1.43. The molecule has 1 aromatic heterocycles. The molecular formula is C24H27N7O2. The van der Waals surface area contributed by atoms with Crippen molar-refractivity contribution in [2.24, 2.45) is 18.9 Å². The van der Waals surface area contributed by atoms with Gasteiger partial charge >= 0.3 is 6.03 Å². The van der Waals surface area contributed by atoms with Gasteiger partial charge in [-0.1, -0.05) is 41.6 Å². The van der Waals surface area contributed by atoms with Gasteiger partial charge in [-0.3, -0.25) is 15.1 Å².